The Balaban J connectivity index is 3.94. The average Bonchev–Trinajstić information content (AvgIpc) is 2.22. The number of nitrogens with zero attached hydrogens (tertiary/aromatic N) is 2. The maximum Gasteiger partial charge on any atom is 0.155 e. The quantitative estimate of drug-likeness (QED) is 0.385. The molecule has 0 aromatic rings. The molecule has 86 valence electrons. The minimum atomic E-state index is -0.0229. The Morgan fingerprint density at radius 2 is 2.20 bits per heavy atom. The number of nitrogens with two attached hydrogens (primary N) is 1. The molecule has 1 unspecified atom stereocenters. The summed E-state index contributed by atoms with van der Waals surface area (Å²) in [6.07, 6.45) is 2.55. The second kappa shape index (κ2) is 8.11. The first-order valence-electron chi connectivity index (χ1n) is 4.97. The lowest BCUT2D eigenvalue weighted by Gasteiger charge is -2.02. The fraction of sp³-hybridized carbons (Fsp3) is 0.700. The Morgan fingerprint density at radius 3 is 2.67 bits per heavy atom. The molecule has 0 amide bonds. The van der Waals surface area contributed by atoms with E-state index in [4.69, 9.17) is 10.6 Å². The van der Waals surface area contributed by atoms with Gasteiger partial charge in [0.15, 0.2) is 5.78 Å². The van der Waals surface area contributed by atoms with Crippen molar-refractivity contribution in [2.24, 2.45) is 15.9 Å². The predicted molar refractivity (Wildman–Crippen MR) is 61.4 cm³/mol. The molecule has 0 rings (SSSR count). The van der Waals surface area contributed by atoms with E-state index in [0.717, 1.165) is 6.42 Å². The van der Waals surface area contributed by atoms with Crippen LogP contribution in [0.25, 0.3) is 0 Å². The van der Waals surface area contributed by atoms with Crippen molar-refractivity contribution in [3.05, 3.63) is 0 Å². The molecular formula is C10H19N3O2. The first kappa shape index (κ1) is 13.8. The van der Waals surface area contributed by atoms with E-state index in [-0.39, 0.29) is 25.0 Å². The fourth-order valence-corrected chi connectivity index (χ4v) is 0.726. The van der Waals surface area contributed by atoms with E-state index >= 15 is 0 Å². The summed E-state index contributed by atoms with van der Waals surface area (Å²) in [5.41, 5.74) is 0.538. The molecule has 0 radical (unpaired) electrons. The van der Waals surface area contributed by atoms with Gasteiger partial charge in [-0.15, -0.1) is 0 Å². The van der Waals surface area contributed by atoms with E-state index in [0.29, 0.717) is 5.71 Å². The van der Waals surface area contributed by atoms with E-state index < -0.39 is 0 Å². The molecule has 0 heterocycles. The van der Waals surface area contributed by atoms with Gasteiger partial charge in [0.25, 0.3) is 0 Å². The maximum absolute atomic E-state index is 10.6. The third-order valence-corrected chi connectivity index (χ3v) is 1.79. The third kappa shape index (κ3) is 7.81. The van der Waals surface area contributed by atoms with E-state index in [1.54, 1.807) is 6.21 Å². The van der Waals surface area contributed by atoms with E-state index in [2.05, 4.69) is 10.1 Å². The molecule has 0 aromatic heterocycles. The Labute approximate surface area is 90.4 Å². The molecule has 0 aliphatic rings. The van der Waals surface area contributed by atoms with E-state index in [1.165, 1.54) is 6.92 Å². The summed E-state index contributed by atoms with van der Waals surface area (Å²) < 4.78 is 5.06. The highest BCUT2D eigenvalue weighted by molar-refractivity contribution is 6.31. The highest BCUT2D eigenvalue weighted by Crippen LogP contribution is 1.93. The van der Waals surface area contributed by atoms with E-state index in [9.17, 15) is 4.79 Å². The van der Waals surface area contributed by atoms with Crippen LogP contribution >= 0.6 is 0 Å². The number of ether oxygens (including phenoxy) is 1. The van der Waals surface area contributed by atoms with Gasteiger partial charge < -0.3 is 10.6 Å². The van der Waals surface area contributed by atoms with Gasteiger partial charge in [0, 0.05) is 12.3 Å². The smallest absolute Gasteiger partial charge is 0.155 e. The zero-order valence-corrected chi connectivity index (χ0v) is 9.56. The van der Waals surface area contributed by atoms with Gasteiger partial charge in [-0.1, -0.05) is 6.92 Å². The van der Waals surface area contributed by atoms with Gasteiger partial charge in [0.05, 0.1) is 6.61 Å². The number of Topliss-reactive ketones (excluding diaryl/α,β-unsaturated/α-hetero) is 1. The fourth-order valence-electron chi connectivity index (χ4n) is 0.726. The van der Waals surface area contributed by atoms with Gasteiger partial charge in [0.1, 0.15) is 12.3 Å². The van der Waals surface area contributed by atoms with Gasteiger partial charge in [-0.2, -0.15) is 5.10 Å². The molecule has 5 nitrogen and oxygen atoms in total. The number of hydrazone groups is 1. The number of aliphatic imine (C=N–C) groups is 1. The van der Waals surface area contributed by atoms with Gasteiger partial charge in [0.2, 0.25) is 0 Å². The highest BCUT2D eigenvalue weighted by atomic mass is 16.5. The van der Waals surface area contributed by atoms with Crippen LogP contribution in [0.4, 0.5) is 0 Å². The van der Waals surface area contributed by atoms with Crippen molar-refractivity contribution in [2.45, 2.75) is 33.2 Å². The predicted octanol–water partition coefficient (Wildman–Crippen LogP) is 0.776. The van der Waals surface area contributed by atoms with Gasteiger partial charge in [-0.25, -0.2) is 0 Å². The standard InChI is InChI=1S/C10H19N3O2/c1-4-8(2)12-5-10(13-11)7-15-6-9(3)14/h5,8H,4,6-7,11H2,1-3H3/b12-5?,13-10+. The number of carbonyl (C=O) groups is 1. The SMILES string of the molecule is CCC(C)N=C/C(COCC(C)=O)=N\N. The van der Waals surface area contributed by atoms with Crippen LogP contribution in [0.2, 0.25) is 0 Å². The summed E-state index contributed by atoms with van der Waals surface area (Å²) in [7, 11) is 0. The number of hydrogen-bond donors (Lipinski definition) is 1. The second-order valence-corrected chi connectivity index (χ2v) is 3.35. The van der Waals surface area contributed by atoms with Crippen molar-refractivity contribution in [1.29, 1.82) is 0 Å². The summed E-state index contributed by atoms with van der Waals surface area (Å²) in [6, 6.07) is 0.245. The molecule has 0 aliphatic heterocycles. The Kier molecular flexibility index (Phi) is 7.44. The number of ketones is 1. The molecule has 2 N–H and O–H groups in total. The molecule has 0 spiro atoms. The van der Waals surface area contributed by atoms with Crippen LogP contribution in [-0.4, -0.2) is 37.0 Å². The minimum Gasteiger partial charge on any atom is -0.367 e. The van der Waals surface area contributed by atoms with Crippen LogP contribution in [0.3, 0.4) is 0 Å². The molecule has 0 fully saturated rings. The Morgan fingerprint density at radius 1 is 1.53 bits per heavy atom. The molecule has 0 saturated heterocycles. The van der Waals surface area contributed by atoms with Crippen LogP contribution in [-0.2, 0) is 9.53 Å². The van der Waals surface area contributed by atoms with Crippen molar-refractivity contribution in [3.8, 4) is 0 Å². The number of rotatable bonds is 7. The van der Waals surface area contributed by atoms with E-state index in [1.807, 2.05) is 13.8 Å². The second-order valence-electron chi connectivity index (χ2n) is 3.35. The molecule has 0 aliphatic carbocycles. The zero-order chi connectivity index (χ0) is 11.7. The third-order valence-electron chi connectivity index (χ3n) is 1.79. The van der Waals surface area contributed by atoms with Gasteiger partial charge >= 0.3 is 0 Å². The molecule has 0 bridgehead atoms. The Bertz CT molecular complexity index is 249. The summed E-state index contributed by atoms with van der Waals surface area (Å²) in [4.78, 5) is 14.8. The summed E-state index contributed by atoms with van der Waals surface area (Å²) in [5, 5.41) is 3.52. The molecule has 1 atom stereocenters. The zero-order valence-electron chi connectivity index (χ0n) is 9.56. The molecule has 15 heavy (non-hydrogen) atoms. The Hall–Kier alpha value is -1.23. The number of hydrogen-bond acceptors (Lipinski definition) is 5. The van der Waals surface area contributed by atoms with Crippen LogP contribution in [0.1, 0.15) is 27.2 Å². The molecule has 0 aromatic carbocycles. The van der Waals surface area contributed by atoms with Gasteiger partial charge in [-0.3, -0.25) is 9.79 Å². The highest BCUT2D eigenvalue weighted by Gasteiger charge is 1.99. The van der Waals surface area contributed by atoms with Gasteiger partial charge in [-0.05, 0) is 20.3 Å². The van der Waals surface area contributed by atoms with Crippen LogP contribution in [0.5, 0.6) is 0 Å². The van der Waals surface area contributed by atoms with Crippen molar-refractivity contribution >= 4 is 17.7 Å². The first-order valence-corrected chi connectivity index (χ1v) is 4.97. The van der Waals surface area contributed by atoms with Crippen molar-refractivity contribution < 1.29 is 9.53 Å². The average molecular weight is 213 g/mol. The molecule has 5 heteroatoms. The lowest BCUT2D eigenvalue weighted by atomic mass is 10.3. The normalized spacial score (nSPS) is 14.5. The summed E-state index contributed by atoms with van der Waals surface area (Å²) >= 11 is 0. The van der Waals surface area contributed by atoms with Crippen LogP contribution in [0.15, 0.2) is 10.1 Å². The van der Waals surface area contributed by atoms with Crippen molar-refractivity contribution in [1.82, 2.24) is 0 Å². The molecular weight excluding hydrogens is 194 g/mol. The summed E-state index contributed by atoms with van der Waals surface area (Å²) in [5.74, 6) is 5.13. The van der Waals surface area contributed by atoms with Crippen LogP contribution < -0.4 is 5.84 Å². The first-order chi connectivity index (χ1) is 7.10. The number of carbonyl (C=O) groups excluding carboxylic acids is 1. The van der Waals surface area contributed by atoms with Crippen molar-refractivity contribution in [2.75, 3.05) is 13.2 Å². The molecule has 0 saturated carbocycles. The lowest BCUT2D eigenvalue weighted by molar-refractivity contribution is -0.120. The topological polar surface area (TPSA) is 77.0 Å². The largest absolute Gasteiger partial charge is 0.367 e. The minimum absolute atomic E-state index is 0.0229. The summed E-state index contributed by atoms with van der Waals surface area (Å²) in [6.45, 7) is 5.81. The van der Waals surface area contributed by atoms with Crippen molar-refractivity contribution in [3.63, 3.8) is 0 Å². The monoisotopic (exact) mass is 213 g/mol. The maximum atomic E-state index is 10.6. The van der Waals surface area contributed by atoms with Crippen LogP contribution in [0, 0.1) is 0 Å². The lowest BCUT2D eigenvalue weighted by Crippen LogP contribution is -2.16.